The molecule has 0 saturated carbocycles. The van der Waals surface area contributed by atoms with Crippen LogP contribution in [-0.4, -0.2) is 25.0 Å². The second-order valence-corrected chi connectivity index (χ2v) is 6.85. The molecule has 0 radical (unpaired) electrons. The number of hydrogen-bond donors (Lipinski definition) is 2. The minimum Gasteiger partial charge on any atom is -0.302 e. The molecule has 1 heterocycles. The molecule has 2 rings (SSSR count). The third-order valence-electron chi connectivity index (χ3n) is 4.85. The molecule has 0 aliphatic carbocycles. The maximum atomic E-state index is 10.7. The van der Waals surface area contributed by atoms with E-state index in [1.807, 2.05) is 0 Å². The predicted octanol–water partition coefficient (Wildman–Crippen LogP) is 3.68. The zero-order chi connectivity index (χ0) is 16.3. The summed E-state index contributed by atoms with van der Waals surface area (Å²) in [6, 6.07) is 10.9. The molecule has 1 aromatic rings. The predicted molar refractivity (Wildman–Crippen MR) is 96.4 cm³/mol. The van der Waals surface area contributed by atoms with E-state index in [1.54, 1.807) is 0 Å². The number of hydrogen-bond acceptors (Lipinski definition) is 3. The van der Waals surface area contributed by atoms with Crippen LogP contribution >= 0.6 is 0 Å². The molecule has 3 atom stereocenters. The molecule has 3 unspecified atom stereocenters. The number of carbonyl (C=O) groups is 1. The molecule has 1 aliphatic heterocycles. The maximum Gasteiger partial charge on any atom is 0.138 e. The zero-order valence-electron chi connectivity index (χ0n) is 14.5. The molecule has 128 valence electrons. The lowest BCUT2D eigenvalue weighted by atomic mass is 9.89. The van der Waals surface area contributed by atoms with Crippen LogP contribution in [0.1, 0.15) is 57.4 Å². The van der Waals surface area contributed by atoms with Gasteiger partial charge in [-0.2, -0.15) is 0 Å². The van der Waals surface area contributed by atoms with Gasteiger partial charge in [-0.25, -0.2) is 0 Å². The third-order valence-corrected chi connectivity index (χ3v) is 4.85. The van der Waals surface area contributed by atoms with Crippen molar-refractivity contribution in [1.82, 2.24) is 10.6 Å². The highest BCUT2D eigenvalue weighted by molar-refractivity contribution is 5.58. The minimum atomic E-state index is 0.00961. The van der Waals surface area contributed by atoms with Crippen molar-refractivity contribution in [3.05, 3.63) is 35.9 Å². The molecule has 0 amide bonds. The number of unbranched alkanes of at least 4 members (excludes halogenated alkanes) is 2. The first-order valence-corrected chi connectivity index (χ1v) is 9.30. The van der Waals surface area contributed by atoms with E-state index >= 15 is 0 Å². The first-order valence-electron chi connectivity index (χ1n) is 9.30. The lowest BCUT2D eigenvalue weighted by Crippen LogP contribution is -2.33. The van der Waals surface area contributed by atoms with Gasteiger partial charge in [-0.05, 0) is 24.3 Å². The Balaban J connectivity index is 1.67. The first-order chi connectivity index (χ1) is 11.3. The number of nitrogens with one attached hydrogen (secondary N) is 2. The molecular weight excluding hydrogens is 284 g/mol. The smallest absolute Gasteiger partial charge is 0.138 e. The Morgan fingerprint density at radius 3 is 2.65 bits per heavy atom. The van der Waals surface area contributed by atoms with Crippen LogP contribution in [0, 0.1) is 5.92 Å². The van der Waals surface area contributed by atoms with Gasteiger partial charge in [0.25, 0.3) is 0 Å². The molecule has 23 heavy (non-hydrogen) atoms. The highest BCUT2D eigenvalue weighted by Crippen LogP contribution is 2.22. The van der Waals surface area contributed by atoms with E-state index in [2.05, 4.69) is 47.9 Å². The van der Waals surface area contributed by atoms with Gasteiger partial charge in [0.1, 0.15) is 6.29 Å². The van der Waals surface area contributed by atoms with E-state index in [9.17, 15) is 4.79 Å². The van der Waals surface area contributed by atoms with E-state index in [0.717, 1.165) is 25.2 Å². The van der Waals surface area contributed by atoms with E-state index in [0.29, 0.717) is 6.17 Å². The van der Waals surface area contributed by atoms with Crippen LogP contribution < -0.4 is 10.6 Å². The average Bonchev–Trinajstić information content (AvgIpc) is 3.05. The van der Waals surface area contributed by atoms with Crippen molar-refractivity contribution >= 4 is 6.29 Å². The summed E-state index contributed by atoms with van der Waals surface area (Å²) in [4.78, 5) is 10.7. The van der Waals surface area contributed by atoms with Gasteiger partial charge in [0.05, 0.1) is 12.2 Å². The lowest BCUT2D eigenvalue weighted by Gasteiger charge is -2.17. The van der Waals surface area contributed by atoms with Crippen molar-refractivity contribution < 1.29 is 4.79 Å². The van der Waals surface area contributed by atoms with E-state index in [4.69, 9.17) is 0 Å². The van der Waals surface area contributed by atoms with Crippen LogP contribution in [0.2, 0.25) is 0 Å². The Hall–Kier alpha value is -1.19. The molecule has 3 heteroatoms. The molecular formula is C20H32N2O. The Morgan fingerprint density at radius 2 is 1.96 bits per heavy atom. The Morgan fingerprint density at radius 1 is 1.17 bits per heavy atom. The van der Waals surface area contributed by atoms with Crippen molar-refractivity contribution in [2.75, 3.05) is 6.54 Å². The lowest BCUT2D eigenvalue weighted by molar-refractivity contribution is -0.109. The number of carbonyl (C=O) groups excluding carboxylic acids is 1. The van der Waals surface area contributed by atoms with E-state index < -0.39 is 0 Å². The van der Waals surface area contributed by atoms with Crippen LogP contribution in [0.3, 0.4) is 0 Å². The molecule has 0 bridgehead atoms. The summed E-state index contributed by atoms with van der Waals surface area (Å²) in [6.45, 7) is 3.06. The van der Waals surface area contributed by atoms with Gasteiger partial charge < -0.3 is 4.79 Å². The van der Waals surface area contributed by atoms with Crippen LogP contribution in [0.4, 0.5) is 0 Å². The summed E-state index contributed by atoms with van der Waals surface area (Å²) >= 11 is 0. The zero-order valence-corrected chi connectivity index (χ0v) is 14.5. The summed E-state index contributed by atoms with van der Waals surface area (Å²) in [5.74, 6) is 0.810. The molecule has 2 N–H and O–H groups in total. The van der Waals surface area contributed by atoms with Crippen LogP contribution in [0.5, 0.6) is 0 Å². The van der Waals surface area contributed by atoms with Crippen molar-refractivity contribution in [2.45, 2.75) is 70.5 Å². The highest BCUT2D eigenvalue weighted by Gasteiger charge is 2.21. The molecule has 1 saturated heterocycles. The number of rotatable bonds is 11. The number of benzene rings is 1. The molecule has 0 spiro atoms. The maximum absolute atomic E-state index is 10.7. The van der Waals surface area contributed by atoms with Crippen LogP contribution in [-0.2, 0) is 11.2 Å². The molecule has 1 fully saturated rings. The highest BCUT2D eigenvalue weighted by atomic mass is 16.1. The van der Waals surface area contributed by atoms with Crippen LogP contribution in [0.25, 0.3) is 0 Å². The van der Waals surface area contributed by atoms with Crippen LogP contribution in [0.15, 0.2) is 30.3 Å². The quantitative estimate of drug-likeness (QED) is 0.483. The fourth-order valence-electron chi connectivity index (χ4n) is 3.49. The molecule has 3 nitrogen and oxygen atoms in total. The monoisotopic (exact) mass is 316 g/mol. The molecule has 0 aromatic heterocycles. The fourth-order valence-corrected chi connectivity index (χ4v) is 3.49. The van der Waals surface area contributed by atoms with Gasteiger partial charge in [-0.15, -0.1) is 0 Å². The summed E-state index contributed by atoms with van der Waals surface area (Å²) in [5.41, 5.74) is 1.47. The Bertz CT molecular complexity index is 435. The largest absolute Gasteiger partial charge is 0.302 e. The SMILES string of the molecule is CCCCC(CCCCC1NCC(C=O)N1)Cc1ccccc1. The third kappa shape index (κ3) is 6.84. The summed E-state index contributed by atoms with van der Waals surface area (Å²) < 4.78 is 0. The van der Waals surface area contributed by atoms with Gasteiger partial charge >= 0.3 is 0 Å². The van der Waals surface area contributed by atoms with E-state index in [1.165, 1.54) is 50.5 Å². The van der Waals surface area contributed by atoms with Crippen molar-refractivity contribution in [3.63, 3.8) is 0 Å². The van der Waals surface area contributed by atoms with Gasteiger partial charge in [0, 0.05) is 6.54 Å². The van der Waals surface area contributed by atoms with Crippen molar-refractivity contribution in [2.24, 2.45) is 5.92 Å². The van der Waals surface area contributed by atoms with Gasteiger partial charge in [-0.3, -0.25) is 10.6 Å². The Labute approximate surface area is 141 Å². The van der Waals surface area contributed by atoms with Crippen molar-refractivity contribution in [3.8, 4) is 0 Å². The topological polar surface area (TPSA) is 41.1 Å². The van der Waals surface area contributed by atoms with Gasteiger partial charge in [0.15, 0.2) is 0 Å². The standard InChI is InChI=1S/C20H32N2O/c1-2-3-9-17(14-18-10-5-4-6-11-18)12-7-8-13-20-21-15-19(16-23)22-20/h4-6,10-11,16-17,19-22H,2-3,7-9,12-15H2,1H3. The second-order valence-electron chi connectivity index (χ2n) is 6.85. The first kappa shape index (κ1) is 18.2. The average molecular weight is 316 g/mol. The number of aldehydes is 1. The second kappa shape index (κ2) is 10.6. The fraction of sp³-hybridized carbons (Fsp3) is 0.650. The molecule has 1 aliphatic rings. The van der Waals surface area contributed by atoms with Crippen molar-refractivity contribution in [1.29, 1.82) is 0 Å². The summed E-state index contributed by atoms with van der Waals surface area (Å²) in [7, 11) is 0. The minimum absolute atomic E-state index is 0.00961. The van der Waals surface area contributed by atoms with Gasteiger partial charge in [0.2, 0.25) is 0 Å². The normalized spacial score (nSPS) is 22.1. The van der Waals surface area contributed by atoms with E-state index in [-0.39, 0.29) is 6.04 Å². The Kier molecular flexibility index (Phi) is 8.33. The summed E-state index contributed by atoms with van der Waals surface area (Å²) in [6.07, 6.45) is 11.5. The molecule has 1 aromatic carbocycles. The summed E-state index contributed by atoms with van der Waals surface area (Å²) in [5, 5.41) is 6.70. The van der Waals surface area contributed by atoms with Gasteiger partial charge in [-0.1, -0.05) is 75.8 Å².